The topological polar surface area (TPSA) is 38.3 Å². The van der Waals surface area contributed by atoms with Gasteiger partial charge in [0.25, 0.3) is 0 Å². The molecule has 0 aromatic heterocycles. The minimum atomic E-state index is 0.0529. The van der Waals surface area contributed by atoms with Gasteiger partial charge in [0.05, 0.1) is 13.0 Å². The summed E-state index contributed by atoms with van der Waals surface area (Å²) in [6.45, 7) is 7.24. The highest BCUT2D eigenvalue weighted by Crippen LogP contribution is 2.19. The molecular formula is C14H21NO2. The van der Waals surface area contributed by atoms with Gasteiger partial charge in [0.15, 0.2) is 0 Å². The van der Waals surface area contributed by atoms with Crippen molar-refractivity contribution < 1.29 is 9.53 Å². The van der Waals surface area contributed by atoms with Crippen LogP contribution in [0.4, 0.5) is 0 Å². The second-order valence-corrected chi connectivity index (χ2v) is 4.22. The third kappa shape index (κ3) is 4.89. The molecule has 3 heteroatoms. The van der Waals surface area contributed by atoms with E-state index in [9.17, 15) is 4.79 Å². The van der Waals surface area contributed by atoms with Crippen molar-refractivity contribution in [2.24, 2.45) is 0 Å². The zero-order chi connectivity index (χ0) is 12.7. The molecule has 1 N–H and O–H groups in total. The summed E-state index contributed by atoms with van der Waals surface area (Å²) in [4.78, 5) is 11.4. The largest absolute Gasteiger partial charge is 0.493 e. The van der Waals surface area contributed by atoms with E-state index >= 15 is 0 Å². The van der Waals surface area contributed by atoms with E-state index in [1.165, 1.54) is 5.56 Å². The monoisotopic (exact) mass is 235 g/mol. The first-order valence-electron chi connectivity index (χ1n) is 6.10. The number of ether oxygens (including phenoxy) is 1. The van der Waals surface area contributed by atoms with Crippen molar-refractivity contribution in [3.63, 3.8) is 0 Å². The fourth-order valence-corrected chi connectivity index (χ4v) is 1.47. The molecule has 94 valence electrons. The van der Waals surface area contributed by atoms with Crippen LogP contribution >= 0.6 is 0 Å². The minimum Gasteiger partial charge on any atom is -0.493 e. The fraction of sp³-hybridized carbons (Fsp3) is 0.500. The lowest BCUT2D eigenvalue weighted by atomic mass is 10.1. The van der Waals surface area contributed by atoms with E-state index in [4.69, 9.17) is 4.74 Å². The van der Waals surface area contributed by atoms with Crippen LogP contribution in [0, 0.1) is 13.8 Å². The summed E-state index contributed by atoms with van der Waals surface area (Å²) in [7, 11) is 0. The molecule has 0 aliphatic rings. The molecule has 0 bridgehead atoms. The van der Waals surface area contributed by atoms with Gasteiger partial charge >= 0.3 is 0 Å². The van der Waals surface area contributed by atoms with E-state index in [-0.39, 0.29) is 5.91 Å². The fourth-order valence-electron chi connectivity index (χ4n) is 1.47. The Hall–Kier alpha value is -1.51. The van der Waals surface area contributed by atoms with Crippen molar-refractivity contribution in [2.75, 3.05) is 13.2 Å². The number of benzene rings is 1. The molecular weight excluding hydrogens is 214 g/mol. The lowest BCUT2D eigenvalue weighted by Crippen LogP contribution is -2.25. The predicted octanol–water partition coefficient (Wildman–Crippen LogP) is 2.60. The molecule has 0 unspecified atom stereocenters. The van der Waals surface area contributed by atoms with Crippen molar-refractivity contribution in [3.05, 3.63) is 29.3 Å². The summed E-state index contributed by atoms with van der Waals surface area (Å²) in [5, 5.41) is 2.83. The van der Waals surface area contributed by atoms with Crippen molar-refractivity contribution in [1.29, 1.82) is 0 Å². The van der Waals surface area contributed by atoms with Crippen molar-refractivity contribution >= 4 is 5.91 Å². The standard InChI is InChI=1S/C14H21NO2/c1-4-8-15-14(16)7-9-17-13-10-11(2)5-6-12(13)3/h5-6,10H,4,7-9H2,1-3H3,(H,15,16). The summed E-state index contributed by atoms with van der Waals surface area (Å²) < 4.78 is 5.61. The molecule has 0 spiro atoms. The highest BCUT2D eigenvalue weighted by molar-refractivity contribution is 5.75. The number of hydrogen-bond donors (Lipinski definition) is 1. The van der Waals surface area contributed by atoms with Crippen LogP contribution in [0.2, 0.25) is 0 Å². The lowest BCUT2D eigenvalue weighted by molar-refractivity contribution is -0.121. The highest BCUT2D eigenvalue weighted by atomic mass is 16.5. The highest BCUT2D eigenvalue weighted by Gasteiger charge is 2.03. The summed E-state index contributed by atoms with van der Waals surface area (Å²) in [5.41, 5.74) is 2.27. The van der Waals surface area contributed by atoms with Crippen LogP contribution in [0.15, 0.2) is 18.2 Å². The Morgan fingerprint density at radius 2 is 2.12 bits per heavy atom. The van der Waals surface area contributed by atoms with Crippen LogP contribution in [0.5, 0.6) is 5.75 Å². The average molecular weight is 235 g/mol. The van der Waals surface area contributed by atoms with Crippen molar-refractivity contribution in [3.8, 4) is 5.75 Å². The third-order valence-corrected chi connectivity index (χ3v) is 2.50. The van der Waals surface area contributed by atoms with Crippen LogP contribution in [-0.2, 0) is 4.79 Å². The van der Waals surface area contributed by atoms with Crippen LogP contribution in [0.25, 0.3) is 0 Å². The SMILES string of the molecule is CCCNC(=O)CCOc1cc(C)ccc1C. The van der Waals surface area contributed by atoms with E-state index in [0.29, 0.717) is 13.0 Å². The molecule has 0 saturated carbocycles. The van der Waals surface area contributed by atoms with Gasteiger partial charge in [-0.25, -0.2) is 0 Å². The summed E-state index contributed by atoms with van der Waals surface area (Å²) in [5.74, 6) is 0.922. The molecule has 0 atom stereocenters. The Morgan fingerprint density at radius 3 is 2.82 bits per heavy atom. The molecule has 1 aromatic rings. The second kappa shape index (κ2) is 6.94. The Kier molecular flexibility index (Phi) is 5.53. The third-order valence-electron chi connectivity index (χ3n) is 2.50. The molecule has 1 amide bonds. The van der Waals surface area contributed by atoms with Crippen molar-refractivity contribution in [2.45, 2.75) is 33.6 Å². The maximum Gasteiger partial charge on any atom is 0.223 e. The van der Waals surface area contributed by atoms with Gasteiger partial charge in [0.2, 0.25) is 5.91 Å². The van der Waals surface area contributed by atoms with Gasteiger partial charge in [-0.3, -0.25) is 4.79 Å². The van der Waals surface area contributed by atoms with E-state index in [2.05, 4.69) is 11.4 Å². The number of rotatable bonds is 6. The molecule has 0 aliphatic carbocycles. The zero-order valence-electron chi connectivity index (χ0n) is 10.9. The molecule has 0 aliphatic heterocycles. The minimum absolute atomic E-state index is 0.0529. The second-order valence-electron chi connectivity index (χ2n) is 4.22. The molecule has 17 heavy (non-hydrogen) atoms. The van der Waals surface area contributed by atoms with E-state index < -0.39 is 0 Å². The molecule has 1 aromatic carbocycles. The average Bonchev–Trinajstić information content (AvgIpc) is 2.31. The first-order valence-corrected chi connectivity index (χ1v) is 6.10. The van der Waals surface area contributed by atoms with Crippen molar-refractivity contribution in [1.82, 2.24) is 5.32 Å². The first-order chi connectivity index (χ1) is 8.13. The number of aryl methyl sites for hydroxylation is 2. The Morgan fingerprint density at radius 1 is 1.35 bits per heavy atom. The van der Waals surface area contributed by atoms with E-state index in [1.807, 2.05) is 32.9 Å². The van der Waals surface area contributed by atoms with Gasteiger partial charge < -0.3 is 10.1 Å². The molecule has 0 fully saturated rings. The van der Waals surface area contributed by atoms with Gasteiger partial charge in [-0.1, -0.05) is 19.1 Å². The van der Waals surface area contributed by atoms with E-state index in [1.54, 1.807) is 0 Å². The van der Waals surface area contributed by atoms with Crippen LogP contribution in [-0.4, -0.2) is 19.1 Å². The molecule has 3 nitrogen and oxygen atoms in total. The number of hydrogen-bond acceptors (Lipinski definition) is 2. The quantitative estimate of drug-likeness (QED) is 0.823. The van der Waals surface area contributed by atoms with Gasteiger partial charge in [0, 0.05) is 6.54 Å². The Bertz CT molecular complexity index is 374. The summed E-state index contributed by atoms with van der Waals surface area (Å²) in [6.07, 6.45) is 1.37. The lowest BCUT2D eigenvalue weighted by Gasteiger charge is -2.09. The number of amides is 1. The first kappa shape index (κ1) is 13.6. The van der Waals surface area contributed by atoms with Crippen LogP contribution in [0.3, 0.4) is 0 Å². The number of carbonyl (C=O) groups excluding carboxylic acids is 1. The molecule has 0 saturated heterocycles. The molecule has 1 rings (SSSR count). The Labute approximate surface area is 103 Å². The number of nitrogens with one attached hydrogen (secondary N) is 1. The Balaban J connectivity index is 2.35. The predicted molar refractivity (Wildman–Crippen MR) is 69.3 cm³/mol. The van der Waals surface area contributed by atoms with Crippen LogP contribution < -0.4 is 10.1 Å². The zero-order valence-corrected chi connectivity index (χ0v) is 10.9. The molecule has 0 heterocycles. The normalized spacial score (nSPS) is 10.1. The van der Waals surface area contributed by atoms with E-state index in [0.717, 1.165) is 24.3 Å². The van der Waals surface area contributed by atoms with Crippen LogP contribution in [0.1, 0.15) is 30.9 Å². The number of carbonyl (C=O) groups is 1. The van der Waals surface area contributed by atoms with Gasteiger partial charge in [-0.05, 0) is 37.5 Å². The summed E-state index contributed by atoms with van der Waals surface area (Å²) in [6, 6.07) is 6.08. The smallest absolute Gasteiger partial charge is 0.223 e. The summed E-state index contributed by atoms with van der Waals surface area (Å²) >= 11 is 0. The maximum atomic E-state index is 11.4. The van der Waals surface area contributed by atoms with Gasteiger partial charge in [0.1, 0.15) is 5.75 Å². The molecule has 0 radical (unpaired) electrons. The maximum absolute atomic E-state index is 11.4. The van der Waals surface area contributed by atoms with Gasteiger partial charge in [-0.2, -0.15) is 0 Å². The van der Waals surface area contributed by atoms with Gasteiger partial charge in [-0.15, -0.1) is 0 Å².